The van der Waals surface area contributed by atoms with Crippen molar-refractivity contribution in [3.8, 4) is 22.9 Å². The third-order valence-corrected chi connectivity index (χ3v) is 3.92. The Morgan fingerprint density at radius 3 is 2.22 bits per heavy atom. The van der Waals surface area contributed by atoms with E-state index in [4.69, 9.17) is 0 Å². The molecule has 1 aliphatic carbocycles. The molecule has 1 heterocycles. The maximum Gasteiger partial charge on any atom is 0.203 e. The lowest BCUT2D eigenvalue weighted by Crippen LogP contribution is -2.31. The van der Waals surface area contributed by atoms with Gasteiger partial charge in [-0.2, -0.15) is 0 Å². The molecule has 0 saturated heterocycles. The standard InChI is InChI=1S/C15H14N4O4/c1-7-12(5-11(22)6-13(7)23)15-18-16-14(17-19-15)8-2-9(20)4-10(21)3-8/h2-4,7,12,20-21H,5-6H2,1H3. The summed E-state index contributed by atoms with van der Waals surface area (Å²) in [4.78, 5) is 23.4. The van der Waals surface area contributed by atoms with Gasteiger partial charge in [0.05, 0.1) is 6.42 Å². The molecule has 0 bridgehead atoms. The first-order valence-electron chi connectivity index (χ1n) is 7.09. The summed E-state index contributed by atoms with van der Waals surface area (Å²) in [6.07, 6.45) is 0.154. The van der Waals surface area contributed by atoms with Crippen molar-refractivity contribution in [3.63, 3.8) is 0 Å². The van der Waals surface area contributed by atoms with Crippen LogP contribution in [0, 0.1) is 5.92 Å². The van der Waals surface area contributed by atoms with Gasteiger partial charge in [0.25, 0.3) is 0 Å². The fourth-order valence-electron chi connectivity index (χ4n) is 2.61. The number of aromatic nitrogens is 4. The SMILES string of the molecule is CC1C(=O)CC(=O)CC1c1nnc(-c2cc(O)cc(O)c2)nn1. The minimum atomic E-state index is -0.421. The van der Waals surface area contributed by atoms with Gasteiger partial charge in [-0.25, -0.2) is 0 Å². The van der Waals surface area contributed by atoms with Gasteiger partial charge in [0, 0.05) is 29.9 Å². The number of benzene rings is 1. The number of phenols is 2. The van der Waals surface area contributed by atoms with Crippen LogP contribution in [0.5, 0.6) is 11.5 Å². The van der Waals surface area contributed by atoms with E-state index in [9.17, 15) is 19.8 Å². The van der Waals surface area contributed by atoms with Crippen molar-refractivity contribution in [3.05, 3.63) is 24.0 Å². The lowest BCUT2D eigenvalue weighted by atomic mass is 9.78. The summed E-state index contributed by atoms with van der Waals surface area (Å²) in [6.45, 7) is 1.74. The summed E-state index contributed by atoms with van der Waals surface area (Å²) in [7, 11) is 0. The minimum Gasteiger partial charge on any atom is -0.508 e. The number of hydrogen-bond acceptors (Lipinski definition) is 8. The molecule has 0 radical (unpaired) electrons. The Bertz CT molecular complexity index is 755. The van der Waals surface area contributed by atoms with E-state index >= 15 is 0 Å². The van der Waals surface area contributed by atoms with E-state index in [1.54, 1.807) is 6.92 Å². The van der Waals surface area contributed by atoms with E-state index in [0.29, 0.717) is 5.56 Å². The van der Waals surface area contributed by atoms with Gasteiger partial charge in [-0.1, -0.05) is 6.92 Å². The average Bonchev–Trinajstić information content (AvgIpc) is 2.50. The zero-order valence-electron chi connectivity index (χ0n) is 12.3. The number of hydrogen-bond donors (Lipinski definition) is 2. The molecule has 1 aliphatic rings. The smallest absolute Gasteiger partial charge is 0.203 e. The van der Waals surface area contributed by atoms with E-state index in [1.807, 2.05) is 0 Å². The lowest BCUT2D eigenvalue weighted by molar-refractivity contribution is -0.133. The number of carbonyl (C=O) groups excluding carboxylic acids is 2. The van der Waals surface area contributed by atoms with Crippen LogP contribution in [0.1, 0.15) is 31.5 Å². The second kappa shape index (κ2) is 5.71. The van der Waals surface area contributed by atoms with Crippen LogP contribution in [0.15, 0.2) is 18.2 Å². The fraction of sp³-hybridized carbons (Fsp3) is 0.333. The highest BCUT2D eigenvalue weighted by Crippen LogP contribution is 2.32. The maximum atomic E-state index is 11.8. The minimum absolute atomic E-state index is 0.0425. The summed E-state index contributed by atoms with van der Waals surface area (Å²) in [5, 5.41) is 34.7. The molecule has 0 spiro atoms. The second-order valence-electron chi connectivity index (χ2n) is 5.60. The van der Waals surface area contributed by atoms with Gasteiger partial charge in [0.2, 0.25) is 5.82 Å². The molecular weight excluding hydrogens is 300 g/mol. The molecule has 1 aromatic heterocycles. The molecule has 2 aromatic rings. The molecule has 1 saturated carbocycles. The molecule has 0 aliphatic heterocycles. The quantitative estimate of drug-likeness (QED) is 0.786. The van der Waals surface area contributed by atoms with Crippen molar-refractivity contribution in [1.29, 1.82) is 0 Å². The summed E-state index contributed by atoms with van der Waals surface area (Å²) < 4.78 is 0. The molecule has 8 nitrogen and oxygen atoms in total. The molecule has 2 atom stereocenters. The van der Waals surface area contributed by atoms with Crippen LogP contribution in [-0.4, -0.2) is 42.2 Å². The highest BCUT2D eigenvalue weighted by Gasteiger charge is 2.36. The Morgan fingerprint density at radius 2 is 1.61 bits per heavy atom. The topological polar surface area (TPSA) is 126 Å². The van der Waals surface area contributed by atoms with Gasteiger partial charge in [0.1, 0.15) is 23.1 Å². The van der Waals surface area contributed by atoms with E-state index < -0.39 is 5.92 Å². The fourth-order valence-corrected chi connectivity index (χ4v) is 2.61. The summed E-state index contributed by atoms with van der Waals surface area (Å²) in [6, 6.07) is 3.92. The van der Waals surface area contributed by atoms with E-state index in [0.717, 1.165) is 0 Å². The molecule has 23 heavy (non-hydrogen) atoms. The molecule has 1 aromatic carbocycles. The number of ketones is 2. The Morgan fingerprint density at radius 1 is 1.00 bits per heavy atom. The first-order chi connectivity index (χ1) is 10.9. The van der Waals surface area contributed by atoms with Crippen molar-refractivity contribution in [2.24, 2.45) is 5.92 Å². The largest absolute Gasteiger partial charge is 0.508 e. The highest BCUT2D eigenvalue weighted by molar-refractivity contribution is 6.03. The van der Waals surface area contributed by atoms with Gasteiger partial charge in [-0.3, -0.25) is 9.59 Å². The number of rotatable bonds is 2. The first-order valence-corrected chi connectivity index (χ1v) is 7.09. The van der Waals surface area contributed by atoms with Crippen molar-refractivity contribution >= 4 is 11.6 Å². The predicted molar refractivity (Wildman–Crippen MR) is 77.5 cm³/mol. The molecule has 8 heteroatoms. The Labute approximate surface area is 131 Å². The zero-order valence-corrected chi connectivity index (χ0v) is 12.3. The second-order valence-corrected chi connectivity index (χ2v) is 5.60. The highest BCUT2D eigenvalue weighted by atomic mass is 16.3. The van der Waals surface area contributed by atoms with Crippen LogP contribution >= 0.6 is 0 Å². The number of nitrogens with zero attached hydrogens (tertiary/aromatic N) is 4. The van der Waals surface area contributed by atoms with Crippen molar-refractivity contribution in [2.75, 3.05) is 0 Å². The molecule has 118 valence electrons. The molecule has 1 fully saturated rings. The zero-order chi connectivity index (χ0) is 16.6. The van der Waals surface area contributed by atoms with E-state index in [2.05, 4.69) is 20.4 Å². The van der Waals surface area contributed by atoms with Gasteiger partial charge in [-0.15, -0.1) is 20.4 Å². The van der Waals surface area contributed by atoms with Crippen LogP contribution in [0.25, 0.3) is 11.4 Å². The number of Topliss-reactive ketones (excluding diaryl/α,β-unsaturated/α-hetero) is 2. The van der Waals surface area contributed by atoms with Crippen LogP contribution in [0.3, 0.4) is 0 Å². The number of aromatic hydroxyl groups is 2. The van der Waals surface area contributed by atoms with Gasteiger partial charge < -0.3 is 10.2 Å². The van der Waals surface area contributed by atoms with Gasteiger partial charge in [0.15, 0.2) is 5.82 Å². The van der Waals surface area contributed by atoms with Crippen LogP contribution in [0.2, 0.25) is 0 Å². The molecule has 2 unspecified atom stereocenters. The lowest BCUT2D eigenvalue weighted by Gasteiger charge is -2.24. The van der Waals surface area contributed by atoms with Gasteiger partial charge >= 0.3 is 0 Å². The van der Waals surface area contributed by atoms with Crippen LogP contribution in [-0.2, 0) is 9.59 Å². The Balaban J connectivity index is 1.90. The number of carbonyl (C=O) groups is 2. The van der Waals surface area contributed by atoms with E-state index in [1.165, 1.54) is 18.2 Å². The average molecular weight is 314 g/mol. The molecule has 2 N–H and O–H groups in total. The predicted octanol–water partition coefficient (Wildman–Crippen LogP) is 0.996. The molecule has 0 amide bonds. The maximum absolute atomic E-state index is 11.8. The molecular formula is C15H14N4O4. The first kappa shape index (κ1) is 15.0. The van der Waals surface area contributed by atoms with Crippen molar-refractivity contribution in [2.45, 2.75) is 25.7 Å². The number of phenolic OH excluding ortho intramolecular Hbond substituents is 2. The third kappa shape index (κ3) is 3.01. The summed E-state index contributed by atoms with van der Waals surface area (Å²) in [5.41, 5.74) is 0.359. The Kier molecular flexibility index (Phi) is 3.73. The van der Waals surface area contributed by atoms with Crippen LogP contribution in [0.4, 0.5) is 0 Å². The van der Waals surface area contributed by atoms with Gasteiger partial charge in [-0.05, 0) is 12.1 Å². The van der Waals surface area contributed by atoms with E-state index in [-0.39, 0.29) is 53.5 Å². The van der Waals surface area contributed by atoms with Crippen molar-refractivity contribution < 1.29 is 19.8 Å². The Hall–Kier alpha value is -2.90. The normalized spacial score (nSPS) is 21.4. The third-order valence-electron chi connectivity index (χ3n) is 3.92. The summed E-state index contributed by atoms with van der Waals surface area (Å²) in [5.74, 6) is -0.939. The summed E-state index contributed by atoms with van der Waals surface area (Å²) >= 11 is 0. The van der Waals surface area contributed by atoms with Crippen molar-refractivity contribution in [1.82, 2.24) is 20.4 Å². The molecule has 3 rings (SSSR count). The van der Waals surface area contributed by atoms with Crippen LogP contribution < -0.4 is 0 Å². The monoisotopic (exact) mass is 314 g/mol.